The minimum absolute atomic E-state index is 0.0727. The number of amides is 1. The van der Waals surface area contributed by atoms with Gasteiger partial charge in [-0.15, -0.1) is 0 Å². The van der Waals surface area contributed by atoms with Gasteiger partial charge in [-0.1, -0.05) is 17.7 Å². The van der Waals surface area contributed by atoms with Crippen molar-refractivity contribution in [3.05, 3.63) is 53.3 Å². The van der Waals surface area contributed by atoms with Crippen LogP contribution >= 0.6 is 11.6 Å². The van der Waals surface area contributed by atoms with Crippen molar-refractivity contribution >= 4 is 35.2 Å². The molecule has 0 spiro atoms. The second-order valence-electron chi connectivity index (χ2n) is 5.12. The molecule has 148 valence electrons. The third kappa shape index (κ3) is 6.51. The highest BCUT2D eigenvalue weighted by atomic mass is 35.5. The predicted octanol–water partition coefficient (Wildman–Crippen LogP) is 3.54. The summed E-state index contributed by atoms with van der Waals surface area (Å²) in [6.45, 7) is -3.52. The number of carbonyl (C=O) groups is 2. The topological polar surface area (TPSA) is 86.8 Å². The Bertz CT molecular complexity index is 877. The quantitative estimate of drug-likeness (QED) is 0.405. The summed E-state index contributed by atoms with van der Waals surface area (Å²) >= 11 is 5.81. The lowest BCUT2D eigenvalue weighted by molar-refractivity contribution is -0.142. The fourth-order valence-corrected chi connectivity index (χ4v) is 2.16. The van der Waals surface area contributed by atoms with Crippen molar-refractivity contribution in [3.8, 4) is 11.5 Å². The van der Waals surface area contributed by atoms with Crippen molar-refractivity contribution in [1.29, 1.82) is 0 Å². The summed E-state index contributed by atoms with van der Waals surface area (Å²) in [5.41, 5.74) is 0.765. The Hall–Kier alpha value is -3.20. The molecule has 0 aliphatic rings. The van der Waals surface area contributed by atoms with Crippen LogP contribution in [0.25, 0.3) is 6.08 Å². The SMILES string of the molecule is COc1cc(/C=C/C(=O)OCC(=O)Nc2cccnc2Cl)ccc1OC(F)F. The second kappa shape index (κ2) is 10.2. The highest BCUT2D eigenvalue weighted by molar-refractivity contribution is 6.32. The van der Waals surface area contributed by atoms with Crippen LogP contribution in [0.5, 0.6) is 11.5 Å². The van der Waals surface area contributed by atoms with E-state index >= 15 is 0 Å². The highest BCUT2D eigenvalue weighted by Crippen LogP contribution is 2.29. The molecule has 0 atom stereocenters. The Balaban J connectivity index is 1.89. The molecule has 1 N–H and O–H groups in total. The zero-order valence-electron chi connectivity index (χ0n) is 14.5. The summed E-state index contributed by atoms with van der Waals surface area (Å²) in [6, 6.07) is 7.26. The molecule has 0 aliphatic carbocycles. The summed E-state index contributed by atoms with van der Waals surface area (Å²) in [4.78, 5) is 27.3. The summed E-state index contributed by atoms with van der Waals surface area (Å²) in [5.74, 6) is -1.43. The Labute approximate surface area is 163 Å². The van der Waals surface area contributed by atoms with E-state index < -0.39 is 25.1 Å². The van der Waals surface area contributed by atoms with Crippen LogP contribution in [0.1, 0.15) is 5.56 Å². The molecule has 7 nitrogen and oxygen atoms in total. The maximum atomic E-state index is 12.3. The van der Waals surface area contributed by atoms with Gasteiger partial charge < -0.3 is 19.5 Å². The molecular weight excluding hydrogens is 398 g/mol. The Morgan fingerprint density at radius 3 is 2.75 bits per heavy atom. The molecule has 0 fully saturated rings. The van der Waals surface area contributed by atoms with Crippen LogP contribution in [-0.4, -0.2) is 37.2 Å². The van der Waals surface area contributed by atoms with Crippen LogP contribution in [-0.2, 0) is 14.3 Å². The first-order valence-electron chi connectivity index (χ1n) is 7.77. The first-order valence-corrected chi connectivity index (χ1v) is 8.15. The van der Waals surface area contributed by atoms with Gasteiger partial charge in [0.05, 0.1) is 12.8 Å². The number of benzene rings is 1. The number of nitrogens with one attached hydrogen (secondary N) is 1. The Kier molecular flexibility index (Phi) is 7.70. The van der Waals surface area contributed by atoms with E-state index in [4.69, 9.17) is 21.1 Å². The van der Waals surface area contributed by atoms with Gasteiger partial charge in [0.1, 0.15) is 0 Å². The van der Waals surface area contributed by atoms with Gasteiger partial charge in [-0.2, -0.15) is 8.78 Å². The second-order valence-corrected chi connectivity index (χ2v) is 5.48. The number of alkyl halides is 2. The van der Waals surface area contributed by atoms with Gasteiger partial charge >= 0.3 is 12.6 Å². The first kappa shape index (κ1) is 21.1. The van der Waals surface area contributed by atoms with Gasteiger partial charge in [-0.25, -0.2) is 9.78 Å². The molecule has 1 amide bonds. The number of nitrogens with zero attached hydrogens (tertiary/aromatic N) is 1. The molecule has 0 bridgehead atoms. The number of hydrogen-bond donors (Lipinski definition) is 1. The molecule has 0 radical (unpaired) electrons. The van der Waals surface area contributed by atoms with Crippen molar-refractivity contribution < 1.29 is 32.6 Å². The number of ether oxygens (including phenoxy) is 3. The lowest BCUT2D eigenvalue weighted by Crippen LogP contribution is -2.20. The predicted molar refractivity (Wildman–Crippen MR) is 97.5 cm³/mol. The lowest BCUT2D eigenvalue weighted by atomic mass is 10.2. The Morgan fingerprint density at radius 1 is 1.29 bits per heavy atom. The summed E-state index contributed by atoms with van der Waals surface area (Å²) < 4.78 is 38.7. The summed E-state index contributed by atoms with van der Waals surface area (Å²) in [5, 5.41) is 2.56. The smallest absolute Gasteiger partial charge is 0.387 e. The first-order chi connectivity index (χ1) is 13.4. The van der Waals surface area contributed by atoms with Crippen molar-refractivity contribution in [2.24, 2.45) is 0 Å². The molecule has 28 heavy (non-hydrogen) atoms. The maximum absolute atomic E-state index is 12.3. The zero-order valence-corrected chi connectivity index (χ0v) is 15.3. The number of hydrogen-bond acceptors (Lipinski definition) is 6. The van der Waals surface area contributed by atoms with E-state index in [9.17, 15) is 18.4 Å². The fraction of sp³-hybridized carbons (Fsp3) is 0.167. The fourth-order valence-electron chi connectivity index (χ4n) is 2.00. The number of halogens is 3. The standard InChI is InChI=1S/C18H15ClF2N2O5/c1-26-14-9-11(4-6-13(14)28-18(20)21)5-7-16(25)27-10-15(24)23-12-3-2-8-22-17(12)19/h2-9,18H,10H2,1H3,(H,23,24)/b7-5+. The number of aromatic nitrogens is 1. The van der Waals surface area contributed by atoms with Crippen LogP contribution < -0.4 is 14.8 Å². The summed E-state index contributed by atoms with van der Waals surface area (Å²) in [6.07, 6.45) is 3.91. The maximum Gasteiger partial charge on any atom is 0.387 e. The number of carbonyl (C=O) groups excluding carboxylic acids is 2. The van der Waals surface area contributed by atoms with Crippen molar-refractivity contribution in [2.45, 2.75) is 6.61 Å². The number of methoxy groups -OCH3 is 1. The van der Waals surface area contributed by atoms with E-state index in [1.165, 1.54) is 37.6 Å². The molecule has 0 saturated heterocycles. The van der Waals surface area contributed by atoms with Gasteiger partial charge in [0, 0.05) is 12.3 Å². The van der Waals surface area contributed by atoms with Crippen molar-refractivity contribution in [2.75, 3.05) is 19.0 Å². The average molecular weight is 413 g/mol. The molecule has 2 aromatic rings. The largest absolute Gasteiger partial charge is 0.493 e. The molecule has 1 aromatic heterocycles. The molecule has 0 aliphatic heterocycles. The number of esters is 1. The van der Waals surface area contributed by atoms with Crippen LogP contribution in [0.4, 0.5) is 14.5 Å². The van der Waals surface area contributed by atoms with E-state index in [1.807, 2.05) is 0 Å². The normalized spacial score (nSPS) is 10.8. The van der Waals surface area contributed by atoms with E-state index in [0.29, 0.717) is 11.3 Å². The summed E-state index contributed by atoms with van der Waals surface area (Å²) in [7, 11) is 1.29. The van der Waals surface area contributed by atoms with E-state index in [1.54, 1.807) is 12.1 Å². The minimum Gasteiger partial charge on any atom is -0.493 e. The third-order valence-electron chi connectivity index (χ3n) is 3.19. The van der Waals surface area contributed by atoms with E-state index in [0.717, 1.165) is 6.08 Å². The number of anilines is 1. The molecule has 10 heteroatoms. The van der Waals surface area contributed by atoms with Crippen LogP contribution in [0.15, 0.2) is 42.6 Å². The molecule has 0 saturated carbocycles. The number of rotatable bonds is 8. The minimum atomic E-state index is -2.99. The van der Waals surface area contributed by atoms with Crippen molar-refractivity contribution in [3.63, 3.8) is 0 Å². The lowest BCUT2D eigenvalue weighted by Gasteiger charge is -2.10. The highest BCUT2D eigenvalue weighted by Gasteiger charge is 2.11. The van der Waals surface area contributed by atoms with Crippen LogP contribution in [0, 0.1) is 0 Å². The average Bonchev–Trinajstić information content (AvgIpc) is 2.67. The molecule has 0 unspecified atom stereocenters. The zero-order chi connectivity index (χ0) is 20.5. The van der Waals surface area contributed by atoms with Crippen LogP contribution in [0.2, 0.25) is 5.15 Å². The van der Waals surface area contributed by atoms with E-state index in [-0.39, 0.29) is 16.7 Å². The molecule has 1 heterocycles. The van der Waals surface area contributed by atoms with Gasteiger partial charge in [-0.05, 0) is 35.9 Å². The third-order valence-corrected chi connectivity index (χ3v) is 3.50. The molecular formula is C18H15ClF2N2O5. The van der Waals surface area contributed by atoms with E-state index in [2.05, 4.69) is 15.0 Å². The molecule has 2 rings (SSSR count). The number of pyridine rings is 1. The van der Waals surface area contributed by atoms with Gasteiger partial charge in [0.2, 0.25) is 0 Å². The molecule has 1 aromatic carbocycles. The van der Waals surface area contributed by atoms with Gasteiger partial charge in [0.15, 0.2) is 23.3 Å². The van der Waals surface area contributed by atoms with Gasteiger partial charge in [0.25, 0.3) is 5.91 Å². The van der Waals surface area contributed by atoms with Crippen molar-refractivity contribution in [1.82, 2.24) is 4.98 Å². The Morgan fingerprint density at radius 2 is 2.07 bits per heavy atom. The monoisotopic (exact) mass is 412 g/mol. The van der Waals surface area contributed by atoms with Crippen LogP contribution in [0.3, 0.4) is 0 Å². The van der Waals surface area contributed by atoms with Gasteiger partial charge in [-0.3, -0.25) is 4.79 Å².